The molecule has 1 aromatic rings. The molecule has 1 amide bonds. The fourth-order valence-corrected chi connectivity index (χ4v) is 4.27. The Kier molecular flexibility index (Phi) is 6.07. The summed E-state index contributed by atoms with van der Waals surface area (Å²) in [6.07, 6.45) is 7.17. The molecule has 0 saturated carbocycles. The van der Waals surface area contributed by atoms with Crippen LogP contribution in [0.4, 0.5) is 0 Å². The molecule has 1 atom stereocenters. The summed E-state index contributed by atoms with van der Waals surface area (Å²) in [5.41, 5.74) is 2.69. The molecule has 2 aliphatic heterocycles. The standard InChI is InChI=1S/C20H31N3O2/c1-3-17-5-6-18(21-13-17)14-22-10-4-8-20(15-22)9-7-19(24)23(16-20)11-12-25-2/h5-6,13H,3-4,7-12,14-16H2,1-2H3. The van der Waals surface area contributed by atoms with Gasteiger partial charge < -0.3 is 9.64 Å². The average Bonchev–Trinajstić information content (AvgIpc) is 2.64. The SMILES string of the molecule is CCc1ccc(CN2CCCC3(CCC(=O)N(CCOC)C3)C2)nc1. The van der Waals surface area contributed by atoms with Crippen molar-refractivity contribution in [2.45, 2.75) is 45.6 Å². The lowest BCUT2D eigenvalue weighted by Crippen LogP contribution is -2.54. The number of piperidine rings is 2. The first-order valence-electron chi connectivity index (χ1n) is 9.57. The number of likely N-dealkylation sites (tertiary alicyclic amines) is 2. The largest absolute Gasteiger partial charge is 0.383 e. The highest BCUT2D eigenvalue weighted by atomic mass is 16.5. The molecule has 2 fully saturated rings. The second-order valence-corrected chi connectivity index (χ2v) is 7.63. The van der Waals surface area contributed by atoms with Gasteiger partial charge in [0.15, 0.2) is 0 Å². The Morgan fingerprint density at radius 2 is 2.16 bits per heavy atom. The van der Waals surface area contributed by atoms with Crippen LogP contribution in [0.3, 0.4) is 0 Å². The predicted molar refractivity (Wildman–Crippen MR) is 98.2 cm³/mol. The maximum absolute atomic E-state index is 12.2. The van der Waals surface area contributed by atoms with Crippen molar-refractivity contribution in [2.75, 3.05) is 39.9 Å². The highest BCUT2D eigenvalue weighted by molar-refractivity contribution is 5.77. The summed E-state index contributed by atoms with van der Waals surface area (Å²) in [4.78, 5) is 21.4. The van der Waals surface area contributed by atoms with Crippen molar-refractivity contribution in [2.24, 2.45) is 5.41 Å². The Balaban J connectivity index is 1.62. The summed E-state index contributed by atoms with van der Waals surface area (Å²) in [7, 11) is 1.70. The van der Waals surface area contributed by atoms with Gasteiger partial charge in [-0.15, -0.1) is 0 Å². The van der Waals surface area contributed by atoms with Crippen molar-refractivity contribution >= 4 is 5.91 Å². The molecule has 1 unspecified atom stereocenters. The fraction of sp³-hybridized carbons (Fsp3) is 0.700. The van der Waals surface area contributed by atoms with Crippen molar-refractivity contribution in [1.82, 2.24) is 14.8 Å². The number of aryl methyl sites for hydroxylation is 1. The third kappa shape index (κ3) is 4.59. The Morgan fingerprint density at radius 1 is 1.28 bits per heavy atom. The minimum Gasteiger partial charge on any atom is -0.383 e. The number of hydrogen-bond donors (Lipinski definition) is 0. The predicted octanol–water partition coefficient (Wildman–Crippen LogP) is 2.50. The van der Waals surface area contributed by atoms with Gasteiger partial charge in [0, 0.05) is 51.3 Å². The molecule has 1 spiro atoms. The van der Waals surface area contributed by atoms with E-state index in [4.69, 9.17) is 4.74 Å². The third-order valence-corrected chi connectivity index (χ3v) is 5.73. The van der Waals surface area contributed by atoms with Gasteiger partial charge >= 0.3 is 0 Å². The van der Waals surface area contributed by atoms with Crippen molar-refractivity contribution < 1.29 is 9.53 Å². The van der Waals surface area contributed by atoms with Crippen LogP contribution in [0.1, 0.15) is 43.9 Å². The van der Waals surface area contributed by atoms with Crippen LogP contribution in [0.25, 0.3) is 0 Å². The zero-order valence-corrected chi connectivity index (χ0v) is 15.7. The molecule has 0 aromatic carbocycles. The molecule has 3 rings (SSSR count). The number of nitrogens with zero attached hydrogens (tertiary/aromatic N) is 3. The van der Waals surface area contributed by atoms with E-state index in [1.54, 1.807) is 7.11 Å². The molecule has 0 N–H and O–H groups in total. The minimum absolute atomic E-state index is 0.253. The van der Waals surface area contributed by atoms with Crippen molar-refractivity contribution in [3.8, 4) is 0 Å². The number of hydrogen-bond acceptors (Lipinski definition) is 4. The lowest BCUT2D eigenvalue weighted by Gasteiger charge is -2.48. The van der Waals surface area contributed by atoms with Gasteiger partial charge in [0.05, 0.1) is 12.3 Å². The molecule has 2 saturated heterocycles. The van der Waals surface area contributed by atoms with Gasteiger partial charge in [0.25, 0.3) is 0 Å². The van der Waals surface area contributed by atoms with Crippen LogP contribution in [0.15, 0.2) is 18.3 Å². The molecule has 0 radical (unpaired) electrons. The summed E-state index contributed by atoms with van der Waals surface area (Å²) >= 11 is 0. The van der Waals surface area contributed by atoms with E-state index in [-0.39, 0.29) is 11.3 Å². The normalized spacial score (nSPS) is 24.9. The highest BCUT2D eigenvalue weighted by Crippen LogP contribution is 2.39. The first kappa shape index (κ1) is 18.3. The summed E-state index contributed by atoms with van der Waals surface area (Å²) in [5, 5.41) is 0. The van der Waals surface area contributed by atoms with Crippen molar-refractivity contribution in [3.05, 3.63) is 29.6 Å². The van der Waals surface area contributed by atoms with E-state index in [2.05, 4.69) is 28.9 Å². The van der Waals surface area contributed by atoms with Gasteiger partial charge in [-0.05, 0) is 43.9 Å². The van der Waals surface area contributed by atoms with Crippen LogP contribution in [0, 0.1) is 5.41 Å². The molecule has 5 heteroatoms. The first-order valence-corrected chi connectivity index (χ1v) is 9.57. The molecule has 0 aliphatic carbocycles. The van der Waals surface area contributed by atoms with Crippen LogP contribution < -0.4 is 0 Å². The molecule has 5 nitrogen and oxygen atoms in total. The molecular weight excluding hydrogens is 314 g/mol. The number of pyridine rings is 1. The minimum atomic E-state index is 0.253. The van der Waals surface area contributed by atoms with E-state index in [1.165, 1.54) is 18.4 Å². The molecule has 138 valence electrons. The summed E-state index contributed by atoms with van der Waals surface area (Å²) < 4.78 is 5.18. The fourth-order valence-electron chi connectivity index (χ4n) is 4.27. The summed E-state index contributed by atoms with van der Waals surface area (Å²) in [6, 6.07) is 4.35. The summed E-state index contributed by atoms with van der Waals surface area (Å²) in [5.74, 6) is 0.289. The first-order chi connectivity index (χ1) is 12.1. The molecular formula is C20H31N3O2. The molecule has 1 aromatic heterocycles. The van der Waals surface area contributed by atoms with Gasteiger partial charge in [-0.1, -0.05) is 13.0 Å². The van der Waals surface area contributed by atoms with Gasteiger partial charge in [0.1, 0.15) is 0 Å². The zero-order valence-electron chi connectivity index (χ0n) is 15.7. The van der Waals surface area contributed by atoms with E-state index in [1.807, 2.05) is 11.1 Å². The van der Waals surface area contributed by atoms with Gasteiger partial charge in [0.2, 0.25) is 5.91 Å². The van der Waals surface area contributed by atoms with Crippen LogP contribution in [0.2, 0.25) is 0 Å². The monoisotopic (exact) mass is 345 g/mol. The van der Waals surface area contributed by atoms with Crippen LogP contribution in [-0.2, 0) is 22.5 Å². The summed E-state index contributed by atoms with van der Waals surface area (Å²) in [6.45, 7) is 7.50. The number of carbonyl (C=O) groups excluding carboxylic acids is 1. The number of rotatable bonds is 6. The van der Waals surface area contributed by atoms with Crippen LogP contribution in [0.5, 0.6) is 0 Å². The van der Waals surface area contributed by atoms with E-state index in [9.17, 15) is 4.79 Å². The van der Waals surface area contributed by atoms with Gasteiger partial charge in [-0.2, -0.15) is 0 Å². The molecule has 25 heavy (non-hydrogen) atoms. The van der Waals surface area contributed by atoms with Crippen LogP contribution in [-0.4, -0.2) is 60.6 Å². The zero-order chi connectivity index (χ0) is 17.7. The highest BCUT2D eigenvalue weighted by Gasteiger charge is 2.41. The smallest absolute Gasteiger partial charge is 0.222 e. The van der Waals surface area contributed by atoms with E-state index in [0.29, 0.717) is 13.0 Å². The topological polar surface area (TPSA) is 45.7 Å². The number of amides is 1. The maximum Gasteiger partial charge on any atom is 0.222 e. The van der Waals surface area contributed by atoms with Crippen molar-refractivity contribution in [1.29, 1.82) is 0 Å². The Labute approximate surface area is 151 Å². The third-order valence-electron chi connectivity index (χ3n) is 5.73. The van der Waals surface area contributed by atoms with E-state index in [0.717, 1.165) is 51.3 Å². The average molecular weight is 345 g/mol. The number of methoxy groups -OCH3 is 1. The van der Waals surface area contributed by atoms with E-state index < -0.39 is 0 Å². The quantitative estimate of drug-likeness (QED) is 0.795. The van der Waals surface area contributed by atoms with Gasteiger partial charge in [-0.25, -0.2) is 0 Å². The Morgan fingerprint density at radius 3 is 2.88 bits per heavy atom. The molecule has 3 heterocycles. The van der Waals surface area contributed by atoms with Crippen molar-refractivity contribution in [3.63, 3.8) is 0 Å². The Hall–Kier alpha value is -1.46. The Bertz CT molecular complexity index is 575. The molecule has 0 bridgehead atoms. The van der Waals surface area contributed by atoms with E-state index >= 15 is 0 Å². The van der Waals surface area contributed by atoms with Gasteiger partial charge in [-0.3, -0.25) is 14.7 Å². The molecule has 2 aliphatic rings. The van der Waals surface area contributed by atoms with Crippen LogP contribution >= 0.6 is 0 Å². The second-order valence-electron chi connectivity index (χ2n) is 7.63. The lowest BCUT2D eigenvalue weighted by atomic mass is 9.73. The maximum atomic E-state index is 12.2. The number of ether oxygens (including phenoxy) is 1. The number of carbonyl (C=O) groups is 1. The lowest BCUT2D eigenvalue weighted by molar-refractivity contribution is -0.140. The second kappa shape index (κ2) is 8.28. The number of aromatic nitrogens is 1.